The fraction of sp³-hybridized carbons (Fsp3) is 0.417. The molecule has 2 nitrogen and oxygen atoms in total. The highest BCUT2D eigenvalue weighted by Crippen LogP contribution is 2.43. The van der Waals surface area contributed by atoms with Gasteiger partial charge in [-0.25, -0.2) is 0 Å². The first-order valence-electron chi connectivity index (χ1n) is 4.88. The van der Waals surface area contributed by atoms with E-state index in [2.05, 4.69) is 12.1 Å². The normalized spacial score (nSPS) is 17.4. The van der Waals surface area contributed by atoms with Crippen LogP contribution in [0, 0.1) is 11.3 Å². The molecule has 0 N–H and O–H groups in total. The summed E-state index contributed by atoms with van der Waals surface area (Å²) in [6.07, 6.45) is 2.09. The average Bonchev–Trinajstić information content (AvgIpc) is 3.04. The van der Waals surface area contributed by atoms with Gasteiger partial charge in [-0.2, -0.15) is 5.26 Å². The summed E-state index contributed by atoms with van der Waals surface area (Å²) in [5.74, 6) is 0.664. The van der Waals surface area contributed by atoms with Crippen molar-refractivity contribution in [3.63, 3.8) is 0 Å². The Morgan fingerprint density at radius 1 is 1.43 bits per heavy atom. The number of hydrogen-bond acceptors (Lipinski definition) is 2. The van der Waals surface area contributed by atoms with Crippen LogP contribution < -0.4 is 0 Å². The lowest BCUT2D eigenvalue weighted by Crippen LogP contribution is -2.01. The maximum absolute atomic E-state index is 8.93. The molecule has 0 heterocycles. The summed E-state index contributed by atoms with van der Waals surface area (Å²) in [7, 11) is 1.58. The molecular formula is C12H13NO. The molecule has 1 fully saturated rings. The van der Waals surface area contributed by atoms with E-state index in [0.717, 1.165) is 5.56 Å². The van der Waals surface area contributed by atoms with Gasteiger partial charge < -0.3 is 4.74 Å². The van der Waals surface area contributed by atoms with Crippen molar-refractivity contribution in [3.05, 3.63) is 35.4 Å². The summed E-state index contributed by atoms with van der Waals surface area (Å²) in [5, 5.41) is 8.93. The van der Waals surface area contributed by atoms with Crippen LogP contribution in [0.4, 0.5) is 0 Å². The molecule has 0 amide bonds. The van der Waals surface area contributed by atoms with E-state index in [4.69, 9.17) is 10.00 Å². The van der Waals surface area contributed by atoms with E-state index in [1.54, 1.807) is 7.11 Å². The monoisotopic (exact) mass is 187 g/mol. The number of methoxy groups -OCH3 is 1. The number of hydrogen-bond donors (Lipinski definition) is 0. The van der Waals surface area contributed by atoms with Crippen molar-refractivity contribution in [2.45, 2.75) is 24.9 Å². The standard InChI is InChI=1S/C12H13NO/c1-14-12(8-13)11-5-3-2-4-10(11)9-6-7-9/h2-5,9,12H,6-7H2,1H3. The van der Waals surface area contributed by atoms with Crippen LogP contribution in [0.5, 0.6) is 0 Å². The predicted molar refractivity (Wildman–Crippen MR) is 53.8 cm³/mol. The molecule has 2 rings (SSSR count). The second-order valence-electron chi connectivity index (χ2n) is 3.65. The molecular weight excluding hydrogens is 174 g/mol. The van der Waals surface area contributed by atoms with E-state index in [-0.39, 0.29) is 0 Å². The van der Waals surface area contributed by atoms with Gasteiger partial charge in [0.25, 0.3) is 0 Å². The summed E-state index contributed by atoms with van der Waals surface area (Å²) in [4.78, 5) is 0. The van der Waals surface area contributed by atoms with E-state index < -0.39 is 6.10 Å². The van der Waals surface area contributed by atoms with E-state index in [0.29, 0.717) is 5.92 Å². The Balaban J connectivity index is 2.35. The van der Waals surface area contributed by atoms with Crippen molar-refractivity contribution < 1.29 is 4.74 Å². The molecule has 1 aliphatic carbocycles. The van der Waals surface area contributed by atoms with Gasteiger partial charge in [0.15, 0.2) is 6.10 Å². The summed E-state index contributed by atoms with van der Waals surface area (Å²) in [6.45, 7) is 0. The molecule has 0 radical (unpaired) electrons. The highest BCUT2D eigenvalue weighted by atomic mass is 16.5. The molecule has 0 bridgehead atoms. The van der Waals surface area contributed by atoms with Crippen LogP contribution >= 0.6 is 0 Å². The van der Waals surface area contributed by atoms with Crippen molar-refractivity contribution in [2.24, 2.45) is 0 Å². The first-order valence-corrected chi connectivity index (χ1v) is 4.88. The van der Waals surface area contributed by atoms with Crippen LogP contribution in [0.2, 0.25) is 0 Å². The third-order valence-corrected chi connectivity index (χ3v) is 2.65. The van der Waals surface area contributed by atoms with Crippen LogP contribution in [-0.4, -0.2) is 7.11 Å². The Kier molecular flexibility index (Phi) is 2.51. The van der Waals surface area contributed by atoms with Crippen LogP contribution in [0.1, 0.15) is 36.0 Å². The molecule has 1 aromatic carbocycles. The molecule has 1 saturated carbocycles. The third kappa shape index (κ3) is 1.64. The second kappa shape index (κ2) is 3.81. The van der Waals surface area contributed by atoms with Gasteiger partial charge in [0.1, 0.15) is 0 Å². The van der Waals surface area contributed by atoms with Crippen molar-refractivity contribution in [2.75, 3.05) is 7.11 Å². The Labute approximate surface area is 84.1 Å². The highest BCUT2D eigenvalue weighted by Gasteiger charge is 2.27. The average molecular weight is 187 g/mol. The lowest BCUT2D eigenvalue weighted by molar-refractivity contribution is 0.148. The van der Waals surface area contributed by atoms with Gasteiger partial charge in [-0.3, -0.25) is 0 Å². The smallest absolute Gasteiger partial charge is 0.168 e. The predicted octanol–water partition coefficient (Wildman–Crippen LogP) is 2.78. The fourth-order valence-electron chi connectivity index (χ4n) is 1.77. The second-order valence-corrected chi connectivity index (χ2v) is 3.65. The van der Waals surface area contributed by atoms with Gasteiger partial charge in [-0.15, -0.1) is 0 Å². The molecule has 1 aromatic rings. The molecule has 0 aromatic heterocycles. The van der Waals surface area contributed by atoms with Crippen LogP contribution in [0.3, 0.4) is 0 Å². The van der Waals surface area contributed by atoms with Crippen LogP contribution in [0.15, 0.2) is 24.3 Å². The molecule has 0 aliphatic heterocycles. The molecule has 1 atom stereocenters. The van der Waals surface area contributed by atoms with Crippen molar-refractivity contribution in [1.29, 1.82) is 5.26 Å². The van der Waals surface area contributed by atoms with Crippen molar-refractivity contribution in [3.8, 4) is 6.07 Å². The minimum absolute atomic E-state index is 0.410. The number of ether oxygens (including phenoxy) is 1. The summed E-state index contributed by atoms with van der Waals surface area (Å²) in [5.41, 5.74) is 2.33. The zero-order chi connectivity index (χ0) is 9.97. The van der Waals surface area contributed by atoms with E-state index in [9.17, 15) is 0 Å². The van der Waals surface area contributed by atoms with E-state index >= 15 is 0 Å². The zero-order valence-electron chi connectivity index (χ0n) is 8.23. The zero-order valence-corrected chi connectivity index (χ0v) is 8.23. The summed E-state index contributed by atoms with van der Waals surface area (Å²) in [6, 6.07) is 10.3. The Hall–Kier alpha value is -1.33. The Morgan fingerprint density at radius 3 is 2.71 bits per heavy atom. The topological polar surface area (TPSA) is 33.0 Å². The van der Waals surface area contributed by atoms with Gasteiger partial charge >= 0.3 is 0 Å². The first kappa shape index (κ1) is 9.23. The first-order chi connectivity index (χ1) is 6.86. The highest BCUT2D eigenvalue weighted by molar-refractivity contribution is 5.37. The van der Waals surface area contributed by atoms with Gasteiger partial charge in [0.2, 0.25) is 0 Å². The number of benzene rings is 1. The molecule has 0 saturated heterocycles. The van der Waals surface area contributed by atoms with Gasteiger partial charge in [-0.1, -0.05) is 24.3 Å². The Morgan fingerprint density at radius 2 is 2.14 bits per heavy atom. The molecule has 72 valence electrons. The third-order valence-electron chi connectivity index (χ3n) is 2.65. The molecule has 2 heteroatoms. The quantitative estimate of drug-likeness (QED) is 0.729. The molecule has 0 spiro atoms. The number of nitriles is 1. The van der Waals surface area contributed by atoms with E-state index in [1.165, 1.54) is 18.4 Å². The van der Waals surface area contributed by atoms with Crippen LogP contribution in [0.25, 0.3) is 0 Å². The van der Waals surface area contributed by atoms with Gasteiger partial charge in [0.05, 0.1) is 6.07 Å². The van der Waals surface area contributed by atoms with Gasteiger partial charge in [-0.05, 0) is 29.9 Å². The molecule has 14 heavy (non-hydrogen) atoms. The van der Waals surface area contributed by atoms with Crippen molar-refractivity contribution >= 4 is 0 Å². The largest absolute Gasteiger partial charge is 0.362 e. The van der Waals surface area contributed by atoms with Crippen molar-refractivity contribution in [1.82, 2.24) is 0 Å². The summed E-state index contributed by atoms with van der Waals surface area (Å²) >= 11 is 0. The lowest BCUT2D eigenvalue weighted by Gasteiger charge is -2.12. The SMILES string of the molecule is COC(C#N)c1ccccc1C1CC1. The maximum atomic E-state index is 8.93. The number of rotatable bonds is 3. The lowest BCUT2D eigenvalue weighted by atomic mass is 9.99. The maximum Gasteiger partial charge on any atom is 0.168 e. The molecule has 1 unspecified atom stereocenters. The Bertz CT molecular complexity index is 363. The van der Waals surface area contributed by atoms with E-state index in [1.807, 2.05) is 18.2 Å². The van der Waals surface area contributed by atoms with Crippen LogP contribution in [-0.2, 0) is 4.74 Å². The fourth-order valence-corrected chi connectivity index (χ4v) is 1.77. The number of nitrogens with zero attached hydrogens (tertiary/aromatic N) is 1. The minimum atomic E-state index is -0.410. The van der Waals surface area contributed by atoms with Gasteiger partial charge in [0, 0.05) is 7.11 Å². The summed E-state index contributed by atoms with van der Waals surface area (Å²) < 4.78 is 5.14. The minimum Gasteiger partial charge on any atom is -0.362 e. The molecule has 1 aliphatic rings.